The molecule has 0 bridgehead atoms. The third kappa shape index (κ3) is 7.74. The van der Waals surface area contributed by atoms with Crippen LogP contribution in [0, 0.1) is 0 Å². The number of anilines is 1. The number of carbonyl (C=O) groups is 1. The molecule has 2 aromatic carbocycles. The maximum atomic E-state index is 12.9. The Balaban J connectivity index is 1.77. The van der Waals surface area contributed by atoms with Gasteiger partial charge in [0.05, 0.1) is 52.6 Å². The van der Waals surface area contributed by atoms with Gasteiger partial charge in [0.15, 0.2) is 27.2 Å². The van der Waals surface area contributed by atoms with E-state index in [1.54, 1.807) is 55.6 Å². The molecular weight excluding hydrogens is 524 g/mol. The van der Waals surface area contributed by atoms with Crippen molar-refractivity contribution in [1.82, 2.24) is 4.98 Å². The van der Waals surface area contributed by atoms with Crippen LogP contribution in [0.2, 0.25) is 0 Å². The summed E-state index contributed by atoms with van der Waals surface area (Å²) in [6.07, 6.45) is 4.16. The van der Waals surface area contributed by atoms with Crippen LogP contribution in [-0.4, -0.2) is 54.7 Å². The maximum Gasteiger partial charge on any atom is 0.187 e. The summed E-state index contributed by atoms with van der Waals surface area (Å²) in [5.74, 6) is 1.95. The molecule has 3 aromatic rings. The molecule has 0 atom stereocenters. The summed E-state index contributed by atoms with van der Waals surface area (Å²) < 4.78 is 52.2. The van der Waals surface area contributed by atoms with Gasteiger partial charge in [0, 0.05) is 35.4 Å². The highest BCUT2D eigenvalue weighted by Gasteiger charge is 2.15. The molecule has 3 rings (SSSR count). The van der Waals surface area contributed by atoms with Crippen molar-refractivity contribution in [3.8, 4) is 28.7 Å². The van der Waals surface area contributed by atoms with Gasteiger partial charge in [-0.2, -0.15) is 0 Å². The average molecular weight is 555 g/mol. The van der Waals surface area contributed by atoms with Gasteiger partial charge in [-0.3, -0.25) is 4.79 Å². The van der Waals surface area contributed by atoms with E-state index < -0.39 is 9.84 Å². The van der Waals surface area contributed by atoms with Crippen LogP contribution >= 0.6 is 0 Å². The number of methoxy groups -OCH3 is 5. The third-order valence-electron chi connectivity index (χ3n) is 5.51. The zero-order chi connectivity index (χ0) is 28.4. The van der Waals surface area contributed by atoms with Crippen molar-refractivity contribution < 1.29 is 36.9 Å². The monoisotopic (exact) mass is 554 g/mol. The lowest BCUT2D eigenvalue weighted by molar-refractivity contribution is 0.104. The lowest BCUT2D eigenvalue weighted by Gasteiger charge is -2.12. The first-order valence-corrected chi connectivity index (χ1v) is 13.3. The van der Waals surface area contributed by atoms with E-state index in [0.29, 0.717) is 39.9 Å². The minimum absolute atomic E-state index is 0.239. The summed E-state index contributed by atoms with van der Waals surface area (Å²) in [7, 11) is 3.70. The number of sulfone groups is 1. The van der Waals surface area contributed by atoms with Crippen LogP contribution in [0.3, 0.4) is 0 Å². The van der Waals surface area contributed by atoms with Crippen molar-refractivity contribution in [2.24, 2.45) is 0 Å². The van der Waals surface area contributed by atoms with Crippen molar-refractivity contribution in [2.45, 2.75) is 5.75 Å². The summed E-state index contributed by atoms with van der Waals surface area (Å²) in [5.41, 5.74) is 1.19. The van der Waals surface area contributed by atoms with E-state index in [-0.39, 0.29) is 23.0 Å². The fraction of sp³-hybridized carbons (Fsp3) is 0.214. The Bertz CT molecular complexity index is 1440. The van der Waals surface area contributed by atoms with E-state index in [0.717, 1.165) is 5.41 Å². The van der Waals surface area contributed by atoms with Crippen LogP contribution in [0.4, 0.5) is 5.82 Å². The second-order valence-electron chi connectivity index (χ2n) is 7.98. The number of pyridine rings is 1. The van der Waals surface area contributed by atoms with Gasteiger partial charge < -0.3 is 29.0 Å². The first kappa shape index (κ1) is 29.1. The quantitative estimate of drug-likeness (QED) is 0.238. The predicted molar refractivity (Wildman–Crippen MR) is 149 cm³/mol. The SMILES string of the molecule is COc1ccc(C(=O)C=CNc2nc(CS(=O)(=O)C=Cc3c(OC)cc(OC)cc3OC)ccc2OC)cc1. The minimum Gasteiger partial charge on any atom is -0.497 e. The largest absolute Gasteiger partial charge is 0.497 e. The van der Waals surface area contributed by atoms with Gasteiger partial charge in [0.2, 0.25) is 0 Å². The molecule has 0 unspecified atom stereocenters. The minimum atomic E-state index is -3.75. The molecule has 1 aromatic heterocycles. The highest BCUT2D eigenvalue weighted by Crippen LogP contribution is 2.35. The molecule has 0 spiro atoms. The standard InChI is InChI=1S/C28H30N2O8S/c1-34-21-9-6-19(7-10-21)24(31)12-14-29-28-25(36-3)11-8-20(30-28)18-39(32,33)15-13-23-26(37-4)16-22(35-2)17-27(23)38-5/h6-17H,18H2,1-5H3,(H,29,30). The third-order valence-corrected chi connectivity index (χ3v) is 6.76. The number of allylic oxidation sites excluding steroid dienone is 1. The van der Waals surface area contributed by atoms with Gasteiger partial charge in [-0.1, -0.05) is 0 Å². The Morgan fingerprint density at radius 2 is 1.44 bits per heavy atom. The first-order valence-electron chi connectivity index (χ1n) is 11.6. The topological polar surface area (TPSA) is 122 Å². The maximum absolute atomic E-state index is 12.9. The Kier molecular flexibility index (Phi) is 9.93. The zero-order valence-electron chi connectivity index (χ0n) is 22.3. The summed E-state index contributed by atoms with van der Waals surface area (Å²) in [5, 5.41) is 3.97. The van der Waals surface area contributed by atoms with Crippen LogP contribution in [0.15, 0.2) is 66.2 Å². The summed E-state index contributed by atoms with van der Waals surface area (Å²) in [6, 6.07) is 13.1. The Morgan fingerprint density at radius 3 is 2.00 bits per heavy atom. The summed E-state index contributed by atoms with van der Waals surface area (Å²) in [4.78, 5) is 16.8. The zero-order valence-corrected chi connectivity index (χ0v) is 23.1. The second-order valence-corrected chi connectivity index (χ2v) is 9.87. The van der Waals surface area contributed by atoms with Gasteiger partial charge in [-0.05, 0) is 42.5 Å². The van der Waals surface area contributed by atoms with Crippen molar-refractivity contribution in [2.75, 3.05) is 40.9 Å². The van der Waals surface area contributed by atoms with Gasteiger partial charge in [0.1, 0.15) is 23.0 Å². The molecule has 0 amide bonds. The van der Waals surface area contributed by atoms with Gasteiger partial charge in [0.25, 0.3) is 0 Å². The Morgan fingerprint density at radius 1 is 0.821 bits per heavy atom. The smallest absolute Gasteiger partial charge is 0.187 e. The molecule has 0 saturated heterocycles. The van der Waals surface area contributed by atoms with E-state index in [2.05, 4.69) is 10.3 Å². The number of hydrogen-bond donors (Lipinski definition) is 1. The molecule has 10 nitrogen and oxygen atoms in total. The average Bonchev–Trinajstić information content (AvgIpc) is 2.95. The van der Waals surface area contributed by atoms with Gasteiger partial charge in [-0.25, -0.2) is 13.4 Å². The van der Waals surface area contributed by atoms with E-state index in [1.807, 2.05) is 0 Å². The molecule has 0 fully saturated rings. The number of benzene rings is 2. The lowest BCUT2D eigenvalue weighted by atomic mass is 10.1. The molecule has 0 radical (unpaired) electrons. The van der Waals surface area contributed by atoms with E-state index in [4.69, 9.17) is 23.7 Å². The highest BCUT2D eigenvalue weighted by molar-refractivity contribution is 7.93. The lowest BCUT2D eigenvalue weighted by Crippen LogP contribution is -2.05. The Labute approximate surface area is 227 Å². The number of hydrogen-bond acceptors (Lipinski definition) is 10. The number of ketones is 1. The van der Waals surface area contributed by atoms with Crippen molar-refractivity contribution in [1.29, 1.82) is 0 Å². The predicted octanol–water partition coefficient (Wildman–Crippen LogP) is 4.52. The number of carbonyl (C=O) groups excluding carboxylic acids is 1. The molecule has 1 N–H and O–H groups in total. The van der Waals surface area contributed by atoms with Crippen LogP contribution < -0.4 is 29.0 Å². The number of nitrogens with zero attached hydrogens (tertiary/aromatic N) is 1. The second kappa shape index (κ2) is 13.3. The fourth-order valence-corrected chi connectivity index (χ4v) is 4.52. The number of ether oxygens (including phenoxy) is 5. The normalized spacial score (nSPS) is 11.4. The molecular formula is C28H30N2O8S. The first-order chi connectivity index (χ1) is 18.7. The van der Waals surface area contributed by atoms with E-state index >= 15 is 0 Å². The number of aromatic nitrogens is 1. The molecule has 0 aliphatic rings. The van der Waals surface area contributed by atoms with Crippen LogP contribution in [0.5, 0.6) is 28.7 Å². The van der Waals surface area contributed by atoms with Gasteiger partial charge >= 0.3 is 0 Å². The van der Waals surface area contributed by atoms with E-state index in [1.165, 1.54) is 46.8 Å². The number of rotatable bonds is 13. The number of nitrogens with one attached hydrogen (secondary N) is 1. The summed E-state index contributed by atoms with van der Waals surface area (Å²) in [6.45, 7) is 0. The molecule has 0 aliphatic carbocycles. The highest BCUT2D eigenvalue weighted by atomic mass is 32.2. The molecule has 1 heterocycles. The Hall–Kier alpha value is -4.51. The van der Waals surface area contributed by atoms with Crippen LogP contribution in [-0.2, 0) is 15.6 Å². The molecule has 0 aliphatic heterocycles. The van der Waals surface area contributed by atoms with Crippen molar-refractivity contribution in [3.05, 3.63) is 83.0 Å². The van der Waals surface area contributed by atoms with Crippen LogP contribution in [0.1, 0.15) is 21.6 Å². The molecule has 0 saturated carbocycles. The van der Waals surface area contributed by atoms with Crippen molar-refractivity contribution in [3.63, 3.8) is 0 Å². The van der Waals surface area contributed by atoms with E-state index in [9.17, 15) is 13.2 Å². The fourth-order valence-electron chi connectivity index (χ4n) is 3.51. The van der Waals surface area contributed by atoms with Crippen LogP contribution in [0.25, 0.3) is 6.08 Å². The molecule has 39 heavy (non-hydrogen) atoms. The summed E-state index contributed by atoms with van der Waals surface area (Å²) >= 11 is 0. The molecule has 206 valence electrons. The molecule has 11 heteroatoms. The van der Waals surface area contributed by atoms with Crippen molar-refractivity contribution >= 4 is 27.5 Å². The van der Waals surface area contributed by atoms with Gasteiger partial charge in [-0.15, -0.1) is 0 Å².